The molecule has 9 rings (SSSR count). The first kappa shape index (κ1) is 24.7. The Labute approximate surface area is 246 Å². The highest BCUT2D eigenvalue weighted by atomic mass is 16.5. The molecule has 0 spiro atoms. The van der Waals surface area contributed by atoms with Gasteiger partial charge in [-0.25, -0.2) is 15.0 Å². The molecule has 3 atom stereocenters. The van der Waals surface area contributed by atoms with Gasteiger partial charge < -0.3 is 14.2 Å². The van der Waals surface area contributed by atoms with E-state index in [2.05, 4.69) is 15.0 Å². The number of ketones is 3. The molecule has 6 aliphatic rings. The number of benzene rings is 3. The lowest BCUT2D eigenvalue weighted by Gasteiger charge is -2.39. The molecule has 0 bridgehead atoms. The molecule has 3 aliphatic heterocycles. The lowest BCUT2D eigenvalue weighted by Crippen LogP contribution is -2.35. The summed E-state index contributed by atoms with van der Waals surface area (Å²) >= 11 is 0. The predicted molar refractivity (Wildman–Crippen MR) is 156 cm³/mol. The van der Waals surface area contributed by atoms with E-state index in [1.54, 1.807) is 36.4 Å². The number of rotatable bonds is 3. The normalized spacial score (nSPS) is 25.5. The molecule has 3 aromatic rings. The zero-order valence-corrected chi connectivity index (χ0v) is 23.7. The van der Waals surface area contributed by atoms with Gasteiger partial charge in [0.2, 0.25) is 17.7 Å². The number of carbonyl (C=O) groups is 3. The van der Waals surface area contributed by atoms with Crippen molar-refractivity contribution >= 4 is 35.0 Å². The Kier molecular flexibility index (Phi) is 4.78. The Morgan fingerprint density at radius 3 is 0.953 bits per heavy atom. The van der Waals surface area contributed by atoms with Crippen LogP contribution < -0.4 is 0 Å². The van der Waals surface area contributed by atoms with Crippen LogP contribution in [0.4, 0.5) is 0 Å². The van der Waals surface area contributed by atoms with E-state index >= 15 is 0 Å². The van der Waals surface area contributed by atoms with Crippen molar-refractivity contribution in [1.29, 1.82) is 0 Å². The third kappa shape index (κ3) is 3.27. The van der Waals surface area contributed by atoms with Crippen LogP contribution in [0.2, 0.25) is 0 Å². The smallest absolute Gasteiger partial charge is 0.216 e. The van der Waals surface area contributed by atoms with Gasteiger partial charge in [-0.1, -0.05) is 0 Å². The van der Waals surface area contributed by atoms with Gasteiger partial charge in [-0.2, -0.15) is 0 Å². The van der Waals surface area contributed by atoms with E-state index in [1.165, 1.54) is 0 Å². The second kappa shape index (κ2) is 8.34. The Morgan fingerprint density at radius 1 is 0.488 bits per heavy atom. The van der Waals surface area contributed by atoms with Crippen molar-refractivity contribution in [2.24, 2.45) is 15.0 Å². The molecule has 3 heterocycles. The van der Waals surface area contributed by atoms with Crippen LogP contribution in [0.3, 0.4) is 0 Å². The van der Waals surface area contributed by atoms with Gasteiger partial charge in [0.25, 0.3) is 0 Å². The fourth-order valence-corrected chi connectivity index (χ4v) is 7.15. The van der Waals surface area contributed by atoms with Crippen molar-refractivity contribution in [3.05, 3.63) is 103 Å². The lowest BCUT2D eigenvalue weighted by molar-refractivity contribution is 0.102. The first-order chi connectivity index (χ1) is 20.8. The summed E-state index contributed by atoms with van der Waals surface area (Å²) in [7, 11) is 0. The standard InChI is InChI=1S/C34H25N3O6/c1-13-10-41-32(35-13)16-4-19-25-20(5-16)30(39)22-7-18(34-37-15(3)12-43-34)9-24-27(22)28(25)26-21(29(19)38)6-17(8-23(26)31(24)40)33-36-14(2)11-42-33/h4-9,13-15,28H,10-12H2,1-3H3. The van der Waals surface area contributed by atoms with Crippen molar-refractivity contribution in [2.75, 3.05) is 19.8 Å². The van der Waals surface area contributed by atoms with E-state index in [9.17, 15) is 14.4 Å². The van der Waals surface area contributed by atoms with Gasteiger partial charge >= 0.3 is 0 Å². The number of nitrogens with zero attached hydrogens (tertiary/aromatic N) is 3. The van der Waals surface area contributed by atoms with E-state index in [1.807, 2.05) is 20.8 Å². The minimum atomic E-state index is -0.466. The van der Waals surface area contributed by atoms with Crippen molar-refractivity contribution in [2.45, 2.75) is 44.8 Å². The van der Waals surface area contributed by atoms with Crippen LogP contribution in [0.25, 0.3) is 0 Å². The largest absolute Gasteiger partial charge is 0.475 e. The van der Waals surface area contributed by atoms with E-state index in [0.29, 0.717) is 104 Å². The Hall–Kier alpha value is -4.92. The van der Waals surface area contributed by atoms with Crippen LogP contribution in [-0.4, -0.2) is 73.0 Å². The second-order valence-corrected chi connectivity index (χ2v) is 12.2. The molecule has 212 valence electrons. The quantitative estimate of drug-likeness (QED) is 0.317. The first-order valence-electron chi connectivity index (χ1n) is 14.6. The van der Waals surface area contributed by atoms with E-state index in [-0.39, 0.29) is 35.5 Å². The monoisotopic (exact) mass is 571 g/mol. The fraction of sp³-hybridized carbons (Fsp3) is 0.294. The number of carbonyl (C=O) groups excluding carboxylic acids is 3. The molecular formula is C34H25N3O6. The van der Waals surface area contributed by atoms with Crippen LogP contribution in [-0.2, 0) is 14.2 Å². The van der Waals surface area contributed by atoms with Crippen molar-refractivity contribution in [1.82, 2.24) is 0 Å². The van der Waals surface area contributed by atoms with Gasteiger partial charge in [-0.05, 0) is 73.9 Å². The molecule has 0 saturated heterocycles. The maximum Gasteiger partial charge on any atom is 0.216 e. The minimum absolute atomic E-state index is 0.0287. The highest BCUT2D eigenvalue weighted by Crippen LogP contribution is 2.53. The summed E-state index contributed by atoms with van der Waals surface area (Å²) in [6.45, 7) is 7.15. The molecule has 43 heavy (non-hydrogen) atoms. The van der Waals surface area contributed by atoms with Crippen molar-refractivity contribution in [3.63, 3.8) is 0 Å². The van der Waals surface area contributed by atoms with E-state index in [0.717, 1.165) is 0 Å². The van der Waals surface area contributed by atoms with Crippen LogP contribution in [0.1, 0.15) is 108 Å². The Bertz CT molecular complexity index is 1690. The lowest BCUT2D eigenvalue weighted by atomic mass is 9.61. The fourth-order valence-electron chi connectivity index (χ4n) is 7.15. The van der Waals surface area contributed by atoms with Crippen LogP contribution >= 0.6 is 0 Å². The van der Waals surface area contributed by atoms with Crippen LogP contribution in [0, 0.1) is 0 Å². The third-order valence-electron chi connectivity index (χ3n) is 9.01. The molecule has 0 amide bonds. The van der Waals surface area contributed by atoms with Crippen LogP contribution in [0.5, 0.6) is 0 Å². The van der Waals surface area contributed by atoms with Crippen LogP contribution in [0.15, 0.2) is 51.4 Å². The topological polar surface area (TPSA) is 116 Å². The van der Waals surface area contributed by atoms with Gasteiger partial charge in [0.15, 0.2) is 17.3 Å². The molecule has 0 N–H and O–H groups in total. The van der Waals surface area contributed by atoms with E-state index in [4.69, 9.17) is 14.2 Å². The van der Waals surface area contributed by atoms with Crippen molar-refractivity contribution < 1.29 is 28.6 Å². The van der Waals surface area contributed by atoms with Gasteiger partial charge in [-0.3, -0.25) is 14.4 Å². The molecule has 3 aromatic carbocycles. The highest BCUT2D eigenvalue weighted by Gasteiger charge is 2.48. The molecule has 3 aliphatic carbocycles. The van der Waals surface area contributed by atoms with Gasteiger partial charge in [0.05, 0.1) is 18.1 Å². The molecule has 3 unspecified atom stereocenters. The average Bonchev–Trinajstić information content (AvgIpc) is 3.76. The average molecular weight is 572 g/mol. The summed E-state index contributed by atoms with van der Waals surface area (Å²) < 4.78 is 17.5. The number of hydrogen-bond acceptors (Lipinski definition) is 9. The summed E-state index contributed by atoms with van der Waals surface area (Å²) in [6, 6.07) is 10.6. The summed E-state index contributed by atoms with van der Waals surface area (Å²) in [5, 5.41) is 0. The molecule has 9 heteroatoms. The predicted octanol–water partition coefficient (Wildman–Crippen LogP) is 4.00. The highest BCUT2D eigenvalue weighted by molar-refractivity contribution is 6.27. The second-order valence-electron chi connectivity index (χ2n) is 12.2. The summed E-state index contributed by atoms with van der Waals surface area (Å²) in [6.07, 6.45) is 0. The Balaban J connectivity index is 1.36. The summed E-state index contributed by atoms with van der Waals surface area (Å²) in [5.41, 5.74) is 6.16. The number of ether oxygens (including phenoxy) is 3. The van der Waals surface area contributed by atoms with Crippen molar-refractivity contribution in [3.8, 4) is 0 Å². The third-order valence-corrected chi connectivity index (χ3v) is 9.01. The van der Waals surface area contributed by atoms with E-state index < -0.39 is 5.92 Å². The zero-order valence-electron chi connectivity index (χ0n) is 23.7. The summed E-state index contributed by atoms with van der Waals surface area (Å²) in [4.78, 5) is 56.9. The number of aliphatic imine (C=N–C) groups is 3. The Morgan fingerprint density at radius 2 is 0.744 bits per heavy atom. The maximum absolute atomic E-state index is 14.3. The molecule has 0 fully saturated rings. The zero-order chi connectivity index (χ0) is 29.3. The molecule has 0 radical (unpaired) electrons. The van der Waals surface area contributed by atoms with Gasteiger partial charge in [0.1, 0.15) is 19.8 Å². The minimum Gasteiger partial charge on any atom is -0.475 e. The molecule has 0 aromatic heterocycles. The summed E-state index contributed by atoms with van der Waals surface area (Å²) in [5.74, 6) is 0.0181. The van der Waals surface area contributed by atoms with Gasteiger partial charge in [0, 0.05) is 56.0 Å². The SMILES string of the molecule is CC1COC(c2cc3c4c(c2)C(=O)c2cc(C5=NC(C)CO5)cc5c2C4c2c(cc(C4=NC(C)CO4)cc2C5=O)C3=O)=N1. The first-order valence-corrected chi connectivity index (χ1v) is 14.6. The van der Waals surface area contributed by atoms with Gasteiger partial charge in [-0.15, -0.1) is 0 Å². The molecule has 0 saturated carbocycles. The molecule has 9 nitrogen and oxygen atoms in total. The number of hydrogen-bond donors (Lipinski definition) is 0. The molecular weight excluding hydrogens is 546 g/mol. The maximum atomic E-state index is 14.3.